The van der Waals surface area contributed by atoms with Crippen LogP contribution in [-0.4, -0.2) is 37.0 Å². The van der Waals surface area contributed by atoms with E-state index in [1.165, 1.54) is 18.3 Å². The van der Waals surface area contributed by atoms with Crippen LogP contribution in [0.25, 0.3) is 10.1 Å². The summed E-state index contributed by atoms with van der Waals surface area (Å²) in [6.45, 7) is 1.57. The van der Waals surface area contributed by atoms with E-state index in [0.717, 1.165) is 15.6 Å². The van der Waals surface area contributed by atoms with Crippen molar-refractivity contribution in [3.63, 3.8) is 0 Å². The fourth-order valence-electron chi connectivity index (χ4n) is 2.80. The molecule has 0 spiro atoms. The Hall–Kier alpha value is -2.90. The quantitative estimate of drug-likeness (QED) is 0.520. The van der Waals surface area contributed by atoms with Gasteiger partial charge in [-0.05, 0) is 25.0 Å². The van der Waals surface area contributed by atoms with E-state index in [2.05, 4.69) is 10.6 Å². The highest BCUT2D eigenvalue weighted by atomic mass is 35.5. The molecule has 6 nitrogen and oxygen atoms in total. The number of rotatable bonds is 8. The van der Waals surface area contributed by atoms with Crippen molar-refractivity contribution in [3.8, 4) is 0 Å². The van der Waals surface area contributed by atoms with Crippen LogP contribution in [0, 0.1) is 0 Å². The summed E-state index contributed by atoms with van der Waals surface area (Å²) < 4.78 is 5.98. The molecule has 0 aliphatic heterocycles. The molecule has 30 heavy (non-hydrogen) atoms. The van der Waals surface area contributed by atoms with Crippen LogP contribution in [0.3, 0.4) is 0 Å². The lowest BCUT2D eigenvalue weighted by Gasteiger charge is -2.13. The third kappa shape index (κ3) is 5.58. The lowest BCUT2D eigenvalue weighted by Crippen LogP contribution is -2.39. The van der Waals surface area contributed by atoms with Crippen molar-refractivity contribution in [1.29, 1.82) is 0 Å². The van der Waals surface area contributed by atoms with Crippen molar-refractivity contribution in [3.05, 3.63) is 70.1 Å². The smallest absolute Gasteiger partial charge is 0.326 e. The zero-order chi connectivity index (χ0) is 21.5. The standard InChI is InChI=1S/C22H21ClN2O4S/c1-14(21(27)24-12-11-15-7-3-2-4-8-15)29-18(26)13-25-22(28)20-19(23)16-9-5-6-10-17(16)30-20/h2-10,14H,11-13H2,1H3,(H,24,27)(H,25,28). The molecule has 8 heteroatoms. The molecule has 0 radical (unpaired) electrons. The highest BCUT2D eigenvalue weighted by Gasteiger charge is 2.20. The second kappa shape index (κ2) is 10.2. The molecule has 1 heterocycles. The van der Waals surface area contributed by atoms with Crippen LogP contribution < -0.4 is 10.6 Å². The van der Waals surface area contributed by atoms with Gasteiger partial charge in [-0.1, -0.05) is 60.1 Å². The van der Waals surface area contributed by atoms with Gasteiger partial charge in [-0.25, -0.2) is 0 Å². The lowest BCUT2D eigenvalue weighted by molar-refractivity contribution is -0.153. The van der Waals surface area contributed by atoms with E-state index in [4.69, 9.17) is 16.3 Å². The van der Waals surface area contributed by atoms with E-state index in [9.17, 15) is 14.4 Å². The molecular weight excluding hydrogens is 424 g/mol. The molecule has 0 aliphatic rings. The third-order valence-corrected chi connectivity index (χ3v) is 6.04. The van der Waals surface area contributed by atoms with Gasteiger partial charge in [0.15, 0.2) is 6.10 Å². The second-order valence-electron chi connectivity index (χ2n) is 6.58. The minimum Gasteiger partial charge on any atom is -0.451 e. The molecule has 2 amide bonds. The Morgan fingerprint density at radius 3 is 2.47 bits per heavy atom. The lowest BCUT2D eigenvalue weighted by atomic mass is 10.1. The number of fused-ring (bicyclic) bond motifs is 1. The highest BCUT2D eigenvalue weighted by molar-refractivity contribution is 7.21. The number of benzene rings is 2. The second-order valence-corrected chi connectivity index (χ2v) is 8.01. The molecule has 0 saturated carbocycles. The van der Waals surface area contributed by atoms with Gasteiger partial charge in [0.1, 0.15) is 11.4 Å². The molecule has 2 N–H and O–H groups in total. The number of hydrogen-bond acceptors (Lipinski definition) is 5. The molecule has 1 aromatic heterocycles. The molecule has 0 bridgehead atoms. The molecule has 0 fully saturated rings. The number of nitrogens with one attached hydrogen (secondary N) is 2. The molecule has 3 aromatic rings. The monoisotopic (exact) mass is 444 g/mol. The number of ether oxygens (including phenoxy) is 1. The van der Waals surface area contributed by atoms with Crippen molar-refractivity contribution in [2.75, 3.05) is 13.1 Å². The number of esters is 1. The van der Waals surface area contributed by atoms with Gasteiger partial charge in [-0.3, -0.25) is 14.4 Å². The van der Waals surface area contributed by atoms with E-state index < -0.39 is 23.9 Å². The number of halogens is 1. The number of thiophene rings is 1. The maximum absolute atomic E-state index is 12.4. The summed E-state index contributed by atoms with van der Waals surface area (Å²) in [5.41, 5.74) is 1.10. The molecule has 2 aromatic carbocycles. The first-order valence-corrected chi connectivity index (χ1v) is 10.6. The Morgan fingerprint density at radius 2 is 1.73 bits per heavy atom. The molecule has 1 atom stereocenters. The van der Waals surface area contributed by atoms with E-state index in [-0.39, 0.29) is 6.54 Å². The number of carbonyl (C=O) groups excluding carboxylic acids is 3. The Morgan fingerprint density at radius 1 is 1.03 bits per heavy atom. The van der Waals surface area contributed by atoms with Crippen LogP contribution in [0.1, 0.15) is 22.2 Å². The maximum atomic E-state index is 12.4. The van der Waals surface area contributed by atoms with E-state index in [1.807, 2.05) is 54.6 Å². The van der Waals surface area contributed by atoms with Gasteiger partial charge < -0.3 is 15.4 Å². The molecule has 156 valence electrons. The molecule has 0 saturated heterocycles. The van der Waals surface area contributed by atoms with Crippen molar-refractivity contribution in [2.45, 2.75) is 19.4 Å². The van der Waals surface area contributed by atoms with Crippen molar-refractivity contribution >= 4 is 50.8 Å². The van der Waals surface area contributed by atoms with Crippen LogP contribution in [0.2, 0.25) is 5.02 Å². The Kier molecular flexibility index (Phi) is 7.43. The number of hydrogen-bond donors (Lipinski definition) is 2. The predicted molar refractivity (Wildman–Crippen MR) is 118 cm³/mol. The van der Waals surface area contributed by atoms with Gasteiger partial charge >= 0.3 is 5.97 Å². The zero-order valence-corrected chi connectivity index (χ0v) is 17.9. The summed E-state index contributed by atoms with van der Waals surface area (Å²) in [5, 5.41) is 6.36. The van der Waals surface area contributed by atoms with Crippen LogP contribution in [0.5, 0.6) is 0 Å². The van der Waals surface area contributed by atoms with Gasteiger partial charge in [0, 0.05) is 16.6 Å². The van der Waals surface area contributed by atoms with Gasteiger partial charge in [-0.2, -0.15) is 0 Å². The predicted octanol–water partition coefficient (Wildman–Crippen LogP) is 3.58. The average Bonchev–Trinajstić information content (AvgIpc) is 3.09. The maximum Gasteiger partial charge on any atom is 0.326 e. The van der Waals surface area contributed by atoms with Crippen LogP contribution in [0.15, 0.2) is 54.6 Å². The van der Waals surface area contributed by atoms with Crippen molar-refractivity contribution in [2.24, 2.45) is 0 Å². The van der Waals surface area contributed by atoms with Crippen molar-refractivity contribution in [1.82, 2.24) is 10.6 Å². The summed E-state index contributed by atoms with van der Waals surface area (Å²) in [4.78, 5) is 36.8. The fourth-order valence-corrected chi connectivity index (χ4v) is 4.24. The fraction of sp³-hybridized carbons (Fsp3) is 0.227. The van der Waals surface area contributed by atoms with Crippen LogP contribution >= 0.6 is 22.9 Å². The SMILES string of the molecule is CC(OC(=O)CNC(=O)c1sc2ccccc2c1Cl)C(=O)NCCc1ccccc1. The van der Waals surface area contributed by atoms with Crippen molar-refractivity contribution < 1.29 is 19.1 Å². The largest absolute Gasteiger partial charge is 0.451 e. The first-order chi connectivity index (χ1) is 14.5. The number of amides is 2. The first-order valence-electron chi connectivity index (χ1n) is 9.42. The topological polar surface area (TPSA) is 84.5 Å². The van der Waals surface area contributed by atoms with E-state index in [0.29, 0.717) is 22.9 Å². The van der Waals surface area contributed by atoms with E-state index in [1.54, 1.807) is 0 Å². The first kappa shape index (κ1) is 21.8. The summed E-state index contributed by atoms with van der Waals surface area (Å²) in [6.07, 6.45) is -0.280. The average molecular weight is 445 g/mol. The summed E-state index contributed by atoms with van der Waals surface area (Å²) in [7, 11) is 0. The molecule has 0 aliphatic carbocycles. The third-order valence-electron chi connectivity index (χ3n) is 4.37. The highest BCUT2D eigenvalue weighted by Crippen LogP contribution is 2.34. The zero-order valence-electron chi connectivity index (χ0n) is 16.3. The van der Waals surface area contributed by atoms with Crippen LogP contribution in [0.4, 0.5) is 0 Å². The molecule has 3 rings (SSSR count). The van der Waals surface area contributed by atoms with Gasteiger partial charge in [0.2, 0.25) is 0 Å². The minimum absolute atomic E-state index is 0.331. The summed E-state index contributed by atoms with van der Waals surface area (Å²) >= 11 is 7.52. The Labute approximate surface area is 183 Å². The normalized spacial score (nSPS) is 11.7. The molecule has 1 unspecified atom stereocenters. The van der Waals surface area contributed by atoms with Crippen LogP contribution in [-0.2, 0) is 20.7 Å². The van der Waals surface area contributed by atoms with Gasteiger partial charge in [0.05, 0.1) is 5.02 Å². The Balaban J connectivity index is 1.43. The van der Waals surface area contributed by atoms with E-state index >= 15 is 0 Å². The minimum atomic E-state index is -0.960. The van der Waals surface area contributed by atoms with Gasteiger partial charge in [-0.15, -0.1) is 11.3 Å². The molecular formula is C22H21ClN2O4S. The van der Waals surface area contributed by atoms with Gasteiger partial charge in [0.25, 0.3) is 11.8 Å². The number of carbonyl (C=O) groups is 3. The summed E-state index contributed by atoms with van der Waals surface area (Å²) in [6, 6.07) is 17.1. The Bertz CT molecular complexity index is 1050. The summed E-state index contributed by atoms with van der Waals surface area (Å²) in [5.74, 6) is -1.55.